The zero-order valence-electron chi connectivity index (χ0n) is 13.6. The monoisotopic (exact) mass is 325 g/mol. The van der Waals surface area contributed by atoms with Crippen LogP contribution >= 0.6 is 11.6 Å². The van der Waals surface area contributed by atoms with Crippen LogP contribution in [-0.2, 0) is 26.8 Å². The number of halogens is 1. The number of ether oxygens (including phenoxy) is 1. The molecule has 1 unspecified atom stereocenters. The van der Waals surface area contributed by atoms with Crippen LogP contribution in [0.4, 0.5) is 5.82 Å². The summed E-state index contributed by atoms with van der Waals surface area (Å²) >= 11 is 6.15. The van der Waals surface area contributed by atoms with Gasteiger partial charge in [0.2, 0.25) is 6.23 Å². The lowest BCUT2D eigenvalue weighted by Crippen LogP contribution is -2.38. The van der Waals surface area contributed by atoms with Gasteiger partial charge in [-0.05, 0) is 6.92 Å². The first-order valence-corrected chi connectivity index (χ1v) is 7.33. The molecule has 0 aromatic carbocycles. The van der Waals surface area contributed by atoms with Crippen molar-refractivity contribution < 1.29 is 14.3 Å². The second-order valence-electron chi connectivity index (χ2n) is 6.37. The number of anilines is 1. The lowest BCUT2D eigenvalue weighted by molar-refractivity contribution is -0.144. The van der Waals surface area contributed by atoms with Gasteiger partial charge in [-0.1, -0.05) is 32.4 Å². The van der Waals surface area contributed by atoms with Gasteiger partial charge in [0, 0.05) is 36.7 Å². The van der Waals surface area contributed by atoms with Gasteiger partial charge in [0.15, 0.2) is 5.82 Å². The fourth-order valence-electron chi connectivity index (χ4n) is 2.45. The smallest absolute Gasteiger partial charge is 0.304 e. The second-order valence-corrected chi connectivity index (χ2v) is 6.78. The minimum atomic E-state index is -0.950. The fourth-order valence-corrected chi connectivity index (χ4v) is 2.67. The second kappa shape index (κ2) is 5.43. The van der Waals surface area contributed by atoms with E-state index in [9.17, 15) is 9.59 Å². The maximum absolute atomic E-state index is 12.4. The third-order valence-electron chi connectivity index (χ3n) is 3.51. The third kappa shape index (κ3) is 2.75. The Kier molecular flexibility index (Phi) is 4.08. The molecule has 1 atom stereocenters. The molecule has 7 heteroatoms. The first-order valence-electron chi connectivity index (χ1n) is 6.95. The van der Waals surface area contributed by atoms with E-state index < -0.39 is 12.2 Å². The van der Waals surface area contributed by atoms with Crippen LogP contribution in [0.3, 0.4) is 0 Å². The Morgan fingerprint density at radius 1 is 1.41 bits per heavy atom. The maximum Gasteiger partial charge on any atom is 0.304 e. The Labute approximate surface area is 134 Å². The van der Waals surface area contributed by atoms with Gasteiger partial charge in [-0.2, -0.15) is 5.10 Å². The van der Waals surface area contributed by atoms with Crippen molar-refractivity contribution in [3.8, 4) is 0 Å². The first-order chi connectivity index (χ1) is 10.0. The molecule has 0 bridgehead atoms. The molecular formula is C15H20ClN3O3. The van der Waals surface area contributed by atoms with Gasteiger partial charge in [0.05, 0.1) is 5.03 Å². The average Bonchev–Trinajstić information content (AvgIpc) is 2.84. The molecule has 2 rings (SSSR count). The molecule has 6 nitrogen and oxygen atoms in total. The standard InChI is InChI=1S/C15H20ClN3O3/c1-8-12(16)14(22-9(2)20)19(13(8)21)11-7-10(15(3,4)5)18(6)17-11/h7,14H,1-6H3. The Balaban J connectivity index is 2.47. The number of nitrogens with zero attached hydrogens (tertiary/aromatic N) is 3. The van der Waals surface area contributed by atoms with Crippen molar-refractivity contribution in [1.29, 1.82) is 0 Å². The van der Waals surface area contributed by atoms with Gasteiger partial charge in [0.1, 0.15) is 0 Å². The summed E-state index contributed by atoms with van der Waals surface area (Å²) in [6, 6.07) is 1.82. The summed E-state index contributed by atoms with van der Waals surface area (Å²) in [6.07, 6.45) is -0.950. The zero-order valence-corrected chi connectivity index (χ0v) is 14.4. The van der Waals surface area contributed by atoms with Gasteiger partial charge in [-0.25, -0.2) is 4.90 Å². The molecule has 0 radical (unpaired) electrons. The van der Waals surface area contributed by atoms with Crippen molar-refractivity contribution in [2.45, 2.75) is 46.3 Å². The minimum absolute atomic E-state index is 0.133. The molecule has 1 aliphatic heterocycles. The van der Waals surface area contributed by atoms with Gasteiger partial charge >= 0.3 is 5.97 Å². The summed E-state index contributed by atoms with van der Waals surface area (Å²) in [5.74, 6) is -0.406. The van der Waals surface area contributed by atoms with E-state index in [4.69, 9.17) is 16.3 Å². The highest BCUT2D eigenvalue weighted by Gasteiger charge is 2.41. The summed E-state index contributed by atoms with van der Waals surface area (Å²) in [5, 5.41) is 4.59. The molecule has 0 aliphatic carbocycles. The number of amides is 1. The predicted octanol–water partition coefficient (Wildman–Crippen LogP) is 2.47. The van der Waals surface area contributed by atoms with E-state index in [-0.39, 0.29) is 16.4 Å². The van der Waals surface area contributed by atoms with Gasteiger partial charge in [-0.3, -0.25) is 14.3 Å². The summed E-state index contributed by atoms with van der Waals surface area (Å²) in [7, 11) is 1.81. The molecule has 0 saturated heterocycles. The molecule has 1 aliphatic rings. The van der Waals surface area contributed by atoms with E-state index in [0.29, 0.717) is 11.4 Å². The van der Waals surface area contributed by atoms with E-state index in [1.54, 1.807) is 11.6 Å². The molecule has 0 N–H and O–H groups in total. The van der Waals surface area contributed by atoms with Crippen LogP contribution in [0.1, 0.15) is 40.3 Å². The number of carbonyl (C=O) groups is 2. The van der Waals surface area contributed by atoms with Crippen LogP contribution in [-0.4, -0.2) is 27.9 Å². The lowest BCUT2D eigenvalue weighted by atomic mass is 9.92. The zero-order chi connectivity index (χ0) is 16.8. The summed E-state index contributed by atoms with van der Waals surface area (Å²) < 4.78 is 6.91. The van der Waals surface area contributed by atoms with Crippen molar-refractivity contribution in [1.82, 2.24) is 9.78 Å². The van der Waals surface area contributed by atoms with Gasteiger partial charge in [-0.15, -0.1) is 0 Å². The molecule has 1 aromatic rings. The van der Waals surface area contributed by atoms with Crippen LogP contribution in [0.25, 0.3) is 0 Å². The SMILES string of the molecule is CC(=O)OC1C(Cl)=C(C)C(=O)N1c1cc(C(C)(C)C)n(C)n1. The van der Waals surface area contributed by atoms with E-state index in [2.05, 4.69) is 25.9 Å². The Morgan fingerprint density at radius 3 is 2.45 bits per heavy atom. The van der Waals surface area contributed by atoms with E-state index in [1.165, 1.54) is 11.8 Å². The summed E-state index contributed by atoms with van der Waals surface area (Å²) in [6.45, 7) is 9.05. The van der Waals surface area contributed by atoms with Crippen molar-refractivity contribution in [3.63, 3.8) is 0 Å². The number of rotatable bonds is 2. The normalized spacial score (nSPS) is 19.1. The topological polar surface area (TPSA) is 64.4 Å². The Hall–Kier alpha value is -1.82. The van der Waals surface area contributed by atoms with Crippen LogP contribution in [0.5, 0.6) is 0 Å². The molecule has 0 fully saturated rings. The van der Waals surface area contributed by atoms with E-state index >= 15 is 0 Å². The number of aryl methyl sites for hydroxylation is 1. The first kappa shape index (κ1) is 16.5. The Morgan fingerprint density at radius 2 is 2.00 bits per heavy atom. The number of hydrogen-bond acceptors (Lipinski definition) is 4. The maximum atomic E-state index is 12.4. The molecular weight excluding hydrogens is 306 g/mol. The van der Waals surface area contributed by atoms with E-state index in [1.807, 2.05) is 13.1 Å². The third-order valence-corrected chi connectivity index (χ3v) is 3.98. The number of esters is 1. The summed E-state index contributed by atoms with van der Waals surface area (Å²) in [4.78, 5) is 25.0. The van der Waals surface area contributed by atoms with E-state index in [0.717, 1.165) is 5.69 Å². The van der Waals surface area contributed by atoms with Crippen LogP contribution in [0.15, 0.2) is 16.7 Å². The highest BCUT2D eigenvalue weighted by Crippen LogP contribution is 2.35. The molecule has 0 saturated carbocycles. The molecule has 2 heterocycles. The largest absolute Gasteiger partial charge is 0.436 e. The minimum Gasteiger partial charge on any atom is -0.436 e. The molecule has 22 heavy (non-hydrogen) atoms. The predicted molar refractivity (Wildman–Crippen MR) is 83.5 cm³/mol. The highest BCUT2D eigenvalue weighted by atomic mass is 35.5. The number of carbonyl (C=O) groups excluding carboxylic acids is 2. The Bertz CT molecular complexity index is 670. The molecule has 0 spiro atoms. The van der Waals surface area contributed by atoms with Gasteiger partial charge in [0.25, 0.3) is 5.91 Å². The summed E-state index contributed by atoms with van der Waals surface area (Å²) in [5.41, 5.74) is 1.18. The van der Waals surface area contributed by atoms with Crippen LogP contribution in [0.2, 0.25) is 0 Å². The highest BCUT2D eigenvalue weighted by molar-refractivity contribution is 6.35. The van der Waals surface area contributed by atoms with Crippen molar-refractivity contribution in [3.05, 3.63) is 22.4 Å². The quantitative estimate of drug-likeness (QED) is 0.784. The van der Waals surface area contributed by atoms with Crippen molar-refractivity contribution >= 4 is 29.3 Å². The van der Waals surface area contributed by atoms with Crippen LogP contribution in [0, 0.1) is 0 Å². The fraction of sp³-hybridized carbons (Fsp3) is 0.533. The number of aromatic nitrogens is 2. The molecule has 1 aromatic heterocycles. The molecule has 120 valence electrons. The van der Waals surface area contributed by atoms with Gasteiger partial charge < -0.3 is 4.74 Å². The molecule has 1 amide bonds. The average molecular weight is 326 g/mol. The van der Waals surface area contributed by atoms with Crippen LogP contribution < -0.4 is 4.90 Å². The number of hydrogen-bond donors (Lipinski definition) is 0. The van der Waals surface area contributed by atoms with Crippen molar-refractivity contribution in [2.24, 2.45) is 7.05 Å². The lowest BCUT2D eigenvalue weighted by Gasteiger charge is -2.22. The van der Waals surface area contributed by atoms with Crippen molar-refractivity contribution in [2.75, 3.05) is 4.90 Å².